The molecule has 26 heavy (non-hydrogen) atoms. The lowest BCUT2D eigenvalue weighted by atomic mass is 9.72. The number of aliphatic hydroxyl groups excluding tert-OH is 1. The van der Waals surface area contributed by atoms with E-state index in [1.807, 2.05) is 0 Å². The van der Waals surface area contributed by atoms with Gasteiger partial charge in [-0.1, -0.05) is 0 Å². The summed E-state index contributed by atoms with van der Waals surface area (Å²) in [4.78, 5) is 27.5. The Morgan fingerprint density at radius 3 is 2.31 bits per heavy atom. The van der Waals surface area contributed by atoms with E-state index in [1.54, 1.807) is 4.90 Å². The van der Waals surface area contributed by atoms with Crippen LogP contribution in [0.3, 0.4) is 0 Å². The quantitative estimate of drug-likeness (QED) is 0.828. The Kier molecular flexibility index (Phi) is 5.22. The van der Waals surface area contributed by atoms with Crippen LogP contribution in [0.2, 0.25) is 0 Å². The molecule has 1 aromatic rings. The molecule has 5 nitrogen and oxygen atoms in total. The van der Waals surface area contributed by atoms with Gasteiger partial charge in [0.05, 0.1) is 6.61 Å². The molecular formula is C18H21F3N2O3. The molecule has 1 N–H and O–H groups in total. The summed E-state index contributed by atoms with van der Waals surface area (Å²) in [6, 6.07) is 1.43. The third kappa shape index (κ3) is 3.56. The van der Waals surface area contributed by atoms with Crippen molar-refractivity contribution in [1.82, 2.24) is 9.80 Å². The molecule has 142 valence electrons. The highest BCUT2D eigenvalue weighted by molar-refractivity contribution is 5.94. The van der Waals surface area contributed by atoms with Gasteiger partial charge in [-0.2, -0.15) is 0 Å². The number of hydrogen-bond acceptors (Lipinski definition) is 3. The van der Waals surface area contributed by atoms with Crippen molar-refractivity contribution in [1.29, 1.82) is 0 Å². The molecule has 0 aliphatic carbocycles. The maximum Gasteiger partial charge on any atom is 0.254 e. The molecule has 2 aliphatic rings. The van der Waals surface area contributed by atoms with Crippen molar-refractivity contribution in [3.8, 4) is 0 Å². The van der Waals surface area contributed by atoms with Gasteiger partial charge in [-0.3, -0.25) is 9.59 Å². The molecule has 2 heterocycles. The molecule has 0 aromatic heterocycles. The molecule has 2 aliphatic heterocycles. The predicted molar refractivity (Wildman–Crippen MR) is 86.8 cm³/mol. The van der Waals surface area contributed by atoms with E-state index >= 15 is 0 Å². The number of aliphatic hydroxyl groups is 1. The Hall–Kier alpha value is -2.09. The standard InChI is InChI=1S/C18H21F3N2O3/c19-13-9-12(10-14(20)16(13)21)17(26)22-5-3-18(4-6-22)2-1-15(25)23(11-18)7-8-24/h9-10,24H,1-8,11H2. The highest BCUT2D eigenvalue weighted by Crippen LogP contribution is 2.40. The second-order valence-electron chi connectivity index (χ2n) is 7.08. The zero-order valence-electron chi connectivity index (χ0n) is 14.3. The van der Waals surface area contributed by atoms with Crippen LogP contribution in [0.25, 0.3) is 0 Å². The van der Waals surface area contributed by atoms with E-state index in [0.29, 0.717) is 57.6 Å². The lowest BCUT2D eigenvalue weighted by molar-refractivity contribution is -0.139. The molecule has 0 radical (unpaired) electrons. The SMILES string of the molecule is O=C1CCC2(CCN(C(=O)c3cc(F)c(F)c(F)c3)CC2)CN1CCO. The highest BCUT2D eigenvalue weighted by Gasteiger charge is 2.41. The Morgan fingerprint density at radius 2 is 1.73 bits per heavy atom. The normalized spacial score (nSPS) is 19.9. The summed E-state index contributed by atoms with van der Waals surface area (Å²) >= 11 is 0. The number of piperidine rings is 2. The van der Waals surface area contributed by atoms with Crippen LogP contribution < -0.4 is 0 Å². The molecule has 3 rings (SSSR count). The third-order valence-electron chi connectivity index (χ3n) is 5.46. The number of benzene rings is 1. The highest BCUT2D eigenvalue weighted by atomic mass is 19.2. The van der Waals surface area contributed by atoms with Crippen molar-refractivity contribution in [3.63, 3.8) is 0 Å². The first-order chi connectivity index (χ1) is 12.3. The van der Waals surface area contributed by atoms with Gasteiger partial charge in [-0.15, -0.1) is 0 Å². The van der Waals surface area contributed by atoms with E-state index in [0.717, 1.165) is 6.42 Å². The van der Waals surface area contributed by atoms with Crippen LogP contribution in [0.15, 0.2) is 12.1 Å². The number of halogens is 3. The molecule has 2 fully saturated rings. The molecule has 0 saturated carbocycles. The number of nitrogens with zero attached hydrogens (tertiary/aromatic N) is 2. The Morgan fingerprint density at radius 1 is 1.12 bits per heavy atom. The number of hydrogen-bond donors (Lipinski definition) is 1. The van der Waals surface area contributed by atoms with Crippen molar-refractivity contribution in [3.05, 3.63) is 35.1 Å². The fraction of sp³-hybridized carbons (Fsp3) is 0.556. The Labute approximate surface area is 149 Å². The molecular weight excluding hydrogens is 349 g/mol. The summed E-state index contributed by atoms with van der Waals surface area (Å²) in [6.07, 6.45) is 2.48. The van der Waals surface area contributed by atoms with Crippen molar-refractivity contribution in [2.24, 2.45) is 5.41 Å². The van der Waals surface area contributed by atoms with Crippen molar-refractivity contribution < 1.29 is 27.9 Å². The lowest BCUT2D eigenvalue weighted by Crippen LogP contribution is -2.52. The fourth-order valence-corrected chi connectivity index (χ4v) is 3.88. The van der Waals surface area contributed by atoms with Crippen LogP contribution in [-0.2, 0) is 4.79 Å². The maximum absolute atomic E-state index is 13.4. The molecule has 2 saturated heterocycles. The van der Waals surface area contributed by atoms with Crippen molar-refractivity contribution in [2.45, 2.75) is 25.7 Å². The first-order valence-electron chi connectivity index (χ1n) is 8.68. The molecule has 0 unspecified atom stereocenters. The average molecular weight is 370 g/mol. The summed E-state index contributed by atoms with van der Waals surface area (Å²) < 4.78 is 39.8. The number of amides is 2. The summed E-state index contributed by atoms with van der Waals surface area (Å²) in [5.74, 6) is -4.85. The smallest absolute Gasteiger partial charge is 0.254 e. The van der Waals surface area contributed by atoms with Gasteiger partial charge in [0.15, 0.2) is 17.5 Å². The molecule has 8 heteroatoms. The number of carbonyl (C=O) groups is 2. The van der Waals surface area contributed by atoms with E-state index in [4.69, 9.17) is 5.11 Å². The molecule has 0 bridgehead atoms. The molecule has 2 amide bonds. The predicted octanol–water partition coefficient (Wildman–Crippen LogP) is 1.94. The van der Waals surface area contributed by atoms with Gasteiger partial charge in [-0.05, 0) is 36.8 Å². The second kappa shape index (κ2) is 7.26. The van der Waals surface area contributed by atoms with E-state index < -0.39 is 23.4 Å². The summed E-state index contributed by atoms with van der Waals surface area (Å²) in [5, 5.41) is 9.09. The van der Waals surface area contributed by atoms with E-state index in [1.165, 1.54) is 4.90 Å². The van der Waals surface area contributed by atoms with Crippen LogP contribution in [0, 0.1) is 22.9 Å². The molecule has 1 aromatic carbocycles. The van der Waals surface area contributed by atoms with Gasteiger partial charge < -0.3 is 14.9 Å². The summed E-state index contributed by atoms with van der Waals surface area (Å²) in [7, 11) is 0. The van der Waals surface area contributed by atoms with Crippen LogP contribution in [0.1, 0.15) is 36.0 Å². The summed E-state index contributed by atoms with van der Waals surface area (Å²) in [5.41, 5.74) is -0.308. The van der Waals surface area contributed by atoms with Gasteiger partial charge >= 0.3 is 0 Å². The Balaban J connectivity index is 1.66. The lowest BCUT2D eigenvalue weighted by Gasteiger charge is -2.47. The maximum atomic E-state index is 13.4. The first kappa shape index (κ1) is 18.7. The number of β-amino-alcohol motifs (C(OH)–C–C–N with tert-alkyl or cyclic N) is 1. The topological polar surface area (TPSA) is 60.9 Å². The van der Waals surface area contributed by atoms with Gasteiger partial charge in [-0.25, -0.2) is 13.2 Å². The van der Waals surface area contributed by atoms with Gasteiger partial charge in [0.1, 0.15) is 0 Å². The van der Waals surface area contributed by atoms with E-state index in [2.05, 4.69) is 0 Å². The number of rotatable bonds is 3. The number of likely N-dealkylation sites (tertiary alicyclic amines) is 2. The minimum absolute atomic E-state index is 0.0282. The van der Waals surface area contributed by atoms with Gasteiger partial charge in [0.25, 0.3) is 5.91 Å². The van der Waals surface area contributed by atoms with Crippen molar-refractivity contribution >= 4 is 11.8 Å². The van der Waals surface area contributed by atoms with Gasteiger partial charge in [0.2, 0.25) is 5.91 Å². The van der Waals surface area contributed by atoms with Crippen LogP contribution in [0.5, 0.6) is 0 Å². The monoisotopic (exact) mass is 370 g/mol. The molecule has 0 atom stereocenters. The third-order valence-corrected chi connectivity index (χ3v) is 5.46. The number of carbonyl (C=O) groups excluding carboxylic acids is 2. The fourth-order valence-electron chi connectivity index (χ4n) is 3.88. The summed E-state index contributed by atoms with van der Waals surface area (Å²) in [6.45, 7) is 1.57. The minimum Gasteiger partial charge on any atom is -0.395 e. The minimum atomic E-state index is -1.59. The first-order valence-corrected chi connectivity index (χ1v) is 8.68. The van der Waals surface area contributed by atoms with Crippen LogP contribution in [-0.4, -0.2) is 59.5 Å². The molecule has 1 spiro atoms. The van der Waals surface area contributed by atoms with E-state index in [-0.39, 0.29) is 23.5 Å². The zero-order chi connectivity index (χ0) is 18.9. The zero-order valence-corrected chi connectivity index (χ0v) is 14.3. The second-order valence-corrected chi connectivity index (χ2v) is 7.08. The van der Waals surface area contributed by atoms with Crippen LogP contribution >= 0.6 is 0 Å². The Bertz CT molecular complexity index is 695. The largest absolute Gasteiger partial charge is 0.395 e. The van der Waals surface area contributed by atoms with E-state index in [9.17, 15) is 22.8 Å². The van der Waals surface area contributed by atoms with Crippen LogP contribution in [0.4, 0.5) is 13.2 Å². The van der Waals surface area contributed by atoms with Gasteiger partial charge in [0, 0.05) is 38.2 Å². The average Bonchev–Trinajstić information content (AvgIpc) is 2.63. The van der Waals surface area contributed by atoms with Crippen molar-refractivity contribution in [2.75, 3.05) is 32.8 Å².